The average molecular weight is 460 g/mol. The van der Waals surface area contributed by atoms with E-state index in [0.717, 1.165) is 16.0 Å². The van der Waals surface area contributed by atoms with Crippen molar-refractivity contribution < 1.29 is 32.5 Å². The van der Waals surface area contributed by atoms with Gasteiger partial charge in [0.2, 0.25) is 0 Å². The highest BCUT2D eigenvalue weighted by molar-refractivity contribution is 7.99. The van der Waals surface area contributed by atoms with E-state index in [1.807, 2.05) is 48.5 Å². The highest BCUT2D eigenvalue weighted by atomic mass is 32.2. The van der Waals surface area contributed by atoms with Crippen LogP contribution in [-0.2, 0) is 4.79 Å². The molecule has 3 aromatic rings. The largest absolute Gasteiger partial charge is 0.573 e. The van der Waals surface area contributed by atoms with Gasteiger partial charge >= 0.3 is 12.3 Å². The predicted octanol–water partition coefficient (Wildman–Crippen LogP) is 6.27. The fourth-order valence-corrected chi connectivity index (χ4v) is 3.65. The van der Waals surface area contributed by atoms with Gasteiger partial charge in [-0.2, -0.15) is 0 Å². The van der Waals surface area contributed by atoms with Crippen LogP contribution in [-0.4, -0.2) is 29.8 Å². The molecule has 0 atom stereocenters. The van der Waals surface area contributed by atoms with Gasteiger partial charge in [-0.25, -0.2) is 4.79 Å². The standard InChI is InChI=1S/C24H19F3O4S/c25-24(26,27)31-20-8-4-7-18(15-20)22(17-5-2-1-3-6-17)13-14-32-21-11-9-19(10-12-21)30-16-23(28)29/h1-13,15H,14,16H2,(H,28,29)/b22-13-. The molecule has 0 heterocycles. The molecule has 4 nitrogen and oxygen atoms in total. The summed E-state index contributed by atoms with van der Waals surface area (Å²) in [7, 11) is 0. The average Bonchev–Trinajstić information content (AvgIpc) is 2.76. The number of rotatable bonds is 9. The zero-order valence-electron chi connectivity index (χ0n) is 16.7. The Morgan fingerprint density at radius 1 is 0.906 bits per heavy atom. The van der Waals surface area contributed by atoms with Crippen LogP contribution in [0.5, 0.6) is 11.5 Å². The van der Waals surface area contributed by atoms with Crippen LogP contribution >= 0.6 is 11.8 Å². The van der Waals surface area contributed by atoms with E-state index in [4.69, 9.17) is 9.84 Å². The molecule has 0 spiro atoms. The van der Waals surface area contributed by atoms with Crippen LogP contribution in [0.2, 0.25) is 0 Å². The normalized spacial score (nSPS) is 11.8. The van der Waals surface area contributed by atoms with Crippen LogP contribution in [0.25, 0.3) is 5.57 Å². The lowest BCUT2D eigenvalue weighted by Gasteiger charge is -2.13. The summed E-state index contributed by atoms with van der Waals surface area (Å²) in [4.78, 5) is 11.5. The van der Waals surface area contributed by atoms with E-state index in [1.165, 1.54) is 30.0 Å². The lowest BCUT2D eigenvalue weighted by Crippen LogP contribution is -2.17. The first-order valence-electron chi connectivity index (χ1n) is 9.49. The van der Waals surface area contributed by atoms with Gasteiger partial charge in [0.25, 0.3) is 0 Å². The van der Waals surface area contributed by atoms with Crippen LogP contribution in [0, 0.1) is 0 Å². The first-order chi connectivity index (χ1) is 15.3. The van der Waals surface area contributed by atoms with E-state index in [2.05, 4.69) is 4.74 Å². The SMILES string of the molecule is O=C(O)COc1ccc(SC/C=C(/c2ccccc2)c2cccc(OC(F)(F)F)c2)cc1. The Labute approximate surface area is 187 Å². The topological polar surface area (TPSA) is 55.8 Å². The molecule has 1 N–H and O–H groups in total. The number of alkyl halides is 3. The molecule has 3 rings (SSSR count). The Hall–Kier alpha value is -3.39. The highest BCUT2D eigenvalue weighted by Gasteiger charge is 2.31. The van der Waals surface area contributed by atoms with Crippen LogP contribution in [0.1, 0.15) is 11.1 Å². The van der Waals surface area contributed by atoms with Crippen molar-refractivity contribution in [1.82, 2.24) is 0 Å². The Bertz CT molecular complexity index is 1060. The molecule has 0 aliphatic heterocycles. The van der Waals surface area contributed by atoms with E-state index in [1.54, 1.807) is 18.2 Å². The number of halogens is 3. The zero-order chi connectivity index (χ0) is 23.0. The Morgan fingerprint density at radius 3 is 2.25 bits per heavy atom. The fourth-order valence-electron chi connectivity index (χ4n) is 2.88. The Kier molecular flexibility index (Phi) is 7.83. The molecule has 0 saturated heterocycles. The maximum absolute atomic E-state index is 12.6. The van der Waals surface area contributed by atoms with Crippen molar-refractivity contribution in [2.45, 2.75) is 11.3 Å². The molecule has 0 aromatic heterocycles. The lowest BCUT2D eigenvalue weighted by molar-refractivity contribution is -0.274. The molecule has 3 aromatic carbocycles. The summed E-state index contributed by atoms with van der Waals surface area (Å²) < 4.78 is 47.1. The number of thioether (sulfide) groups is 1. The van der Waals surface area contributed by atoms with Gasteiger partial charge in [-0.3, -0.25) is 0 Å². The van der Waals surface area contributed by atoms with Gasteiger partial charge in [-0.1, -0.05) is 48.5 Å². The van der Waals surface area contributed by atoms with Gasteiger partial charge in [-0.05, 0) is 53.1 Å². The van der Waals surface area contributed by atoms with Crippen molar-refractivity contribution in [1.29, 1.82) is 0 Å². The summed E-state index contributed by atoms with van der Waals surface area (Å²) in [6, 6.07) is 22.3. The molecule has 32 heavy (non-hydrogen) atoms. The molecule has 0 bridgehead atoms. The number of hydrogen-bond acceptors (Lipinski definition) is 4. The van der Waals surface area contributed by atoms with Gasteiger partial charge < -0.3 is 14.6 Å². The molecular weight excluding hydrogens is 441 g/mol. The molecular formula is C24H19F3O4S. The quantitative estimate of drug-likeness (QED) is 0.381. The summed E-state index contributed by atoms with van der Waals surface area (Å²) in [6.07, 6.45) is -2.81. The Morgan fingerprint density at radius 2 is 1.59 bits per heavy atom. The number of carboxylic acids is 1. The van der Waals surface area contributed by atoms with E-state index in [-0.39, 0.29) is 5.75 Å². The van der Waals surface area contributed by atoms with Crippen molar-refractivity contribution in [3.63, 3.8) is 0 Å². The zero-order valence-corrected chi connectivity index (χ0v) is 17.5. The molecule has 0 aliphatic rings. The van der Waals surface area contributed by atoms with Gasteiger partial charge in [-0.15, -0.1) is 24.9 Å². The monoisotopic (exact) mass is 460 g/mol. The van der Waals surface area contributed by atoms with E-state index in [9.17, 15) is 18.0 Å². The number of carboxylic acid groups (broad SMARTS) is 1. The van der Waals surface area contributed by atoms with Crippen LogP contribution in [0.15, 0.2) is 89.8 Å². The maximum Gasteiger partial charge on any atom is 0.573 e. The second-order valence-electron chi connectivity index (χ2n) is 6.52. The molecule has 0 fully saturated rings. The number of carbonyl (C=O) groups is 1. The third-order valence-corrected chi connectivity index (χ3v) is 5.13. The summed E-state index contributed by atoms with van der Waals surface area (Å²) in [5, 5.41) is 8.66. The van der Waals surface area contributed by atoms with Crippen molar-refractivity contribution in [3.05, 3.63) is 96.1 Å². The first kappa shape index (κ1) is 23.3. The number of ether oxygens (including phenoxy) is 2. The van der Waals surface area contributed by atoms with E-state index in [0.29, 0.717) is 17.1 Å². The summed E-state index contributed by atoms with van der Waals surface area (Å²) in [6.45, 7) is -0.410. The highest BCUT2D eigenvalue weighted by Crippen LogP contribution is 2.30. The smallest absolute Gasteiger partial charge is 0.482 e. The van der Waals surface area contributed by atoms with Gasteiger partial charge in [0.15, 0.2) is 6.61 Å². The van der Waals surface area contributed by atoms with Gasteiger partial charge in [0.1, 0.15) is 11.5 Å². The van der Waals surface area contributed by atoms with Crippen LogP contribution in [0.4, 0.5) is 13.2 Å². The molecule has 8 heteroatoms. The Balaban J connectivity index is 1.77. The molecule has 0 unspecified atom stereocenters. The molecule has 166 valence electrons. The summed E-state index contributed by atoms with van der Waals surface area (Å²) in [5.41, 5.74) is 2.26. The van der Waals surface area contributed by atoms with Gasteiger partial charge in [0, 0.05) is 10.6 Å². The molecule has 0 radical (unpaired) electrons. The van der Waals surface area contributed by atoms with E-state index >= 15 is 0 Å². The molecule has 0 aliphatic carbocycles. The lowest BCUT2D eigenvalue weighted by atomic mass is 9.98. The van der Waals surface area contributed by atoms with Gasteiger partial charge in [0.05, 0.1) is 0 Å². The predicted molar refractivity (Wildman–Crippen MR) is 117 cm³/mol. The fraction of sp³-hybridized carbons (Fsp3) is 0.125. The summed E-state index contributed by atoms with van der Waals surface area (Å²) in [5.74, 6) is -0.309. The summed E-state index contributed by atoms with van der Waals surface area (Å²) >= 11 is 1.53. The number of aliphatic carboxylic acids is 1. The third kappa shape index (κ3) is 7.39. The van der Waals surface area contributed by atoms with Crippen molar-refractivity contribution in [3.8, 4) is 11.5 Å². The van der Waals surface area contributed by atoms with E-state index < -0.39 is 18.9 Å². The molecule has 0 saturated carbocycles. The second-order valence-corrected chi connectivity index (χ2v) is 7.62. The second kappa shape index (κ2) is 10.8. The first-order valence-corrected chi connectivity index (χ1v) is 10.5. The maximum atomic E-state index is 12.6. The number of benzene rings is 3. The van der Waals surface area contributed by atoms with Crippen molar-refractivity contribution >= 4 is 23.3 Å². The van der Waals surface area contributed by atoms with Crippen molar-refractivity contribution in [2.75, 3.05) is 12.4 Å². The van der Waals surface area contributed by atoms with Crippen LogP contribution < -0.4 is 9.47 Å². The number of hydrogen-bond donors (Lipinski definition) is 1. The minimum atomic E-state index is -4.76. The van der Waals surface area contributed by atoms with Crippen molar-refractivity contribution in [2.24, 2.45) is 0 Å². The molecule has 0 amide bonds. The minimum Gasteiger partial charge on any atom is -0.482 e. The van der Waals surface area contributed by atoms with Crippen LogP contribution in [0.3, 0.4) is 0 Å². The third-order valence-electron chi connectivity index (χ3n) is 4.19. The minimum absolute atomic E-state index is 0.276.